The summed E-state index contributed by atoms with van der Waals surface area (Å²) in [7, 11) is 3.35. The maximum absolute atomic E-state index is 12.0. The Hall–Kier alpha value is -1.85. The van der Waals surface area contributed by atoms with Gasteiger partial charge in [-0.05, 0) is 6.42 Å². The van der Waals surface area contributed by atoms with Gasteiger partial charge in [-0.15, -0.1) is 0 Å². The van der Waals surface area contributed by atoms with Crippen LogP contribution in [0.4, 0.5) is 0 Å². The molecule has 0 unspecified atom stereocenters. The first-order valence-electron chi connectivity index (χ1n) is 5.56. The molecule has 0 spiro atoms. The highest BCUT2D eigenvalue weighted by molar-refractivity contribution is 5.97. The van der Waals surface area contributed by atoms with Crippen LogP contribution < -0.4 is 5.73 Å². The highest BCUT2D eigenvalue weighted by Crippen LogP contribution is 2.06. The van der Waals surface area contributed by atoms with E-state index >= 15 is 0 Å². The van der Waals surface area contributed by atoms with Gasteiger partial charge in [0.05, 0.1) is 0 Å². The summed E-state index contributed by atoms with van der Waals surface area (Å²) in [4.78, 5) is 24.6. The number of hydrogen-bond donors (Lipinski definition) is 1. The van der Waals surface area contributed by atoms with E-state index in [1.54, 1.807) is 19.0 Å². The van der Waals surface area contributed by atoms with Crippen LogP contribution in [0.1, 0.15) is 40.7 Å². The van der Waals surface area contributed by atoms with E-state index < -0.39 is 5.91 Å². The predicted octanol–water partition coefficient (Wildman–Crippen LogP) is 0.391. The van der Waals surface area contributed by atoms with E-state index in [0.29, 0.717) is 12.2 Å². The Balaban J connectivity index is 2.85. The molecule has 0 radical (unpaired) electrons. The molecule has 1 aromatic heterocycles. The third-order valence-corrected chi connectivity index (χ3v) is 2.55. The first-order valence-corrected chi connectivity index (χ1v) is 5.56. The van der Waals surface area contributed by atoms with Crippen LogP contribution in [0.2, 0.25) is 0 Å². The van der Waals surface area contributed by atoms with Crippen molar-refractivity contribution in [1.29, 1.82) is 0 Å². The van der Waals surface area contributed by atoms with Gasteiger partial charge < -0.3 is 10.6 Å². The van der Waals surface area contributed by atoms with Crippen LogP contribution in [0.15, 0.2) is 6.07 Å². The lowest BCUT2D eigenvalue weighted by atomic mass is 10.3. The van der Waals surface area contributed by atoms with Gasteiger partial charge in [0.2, 0.25) is 0 Å². The molecular formula is C11H18N4O2. The number of rotatable bonds is 5. The number of amides is 2. The van der Waals surface area contributed by atoms with E-state index in [2.05, 4.69) is 12.0 Å². The average Bonchev–Trinajstić information content (AvgIpc) is 2.67. The van der Waals surface area contributed by atoms with Crippen LogP contribution >= 0.6 is 0 Å². The topological polar surface area (TPSA) is 81.2 Å². The van der Waals surface area contributed by atoms with E-state index in [1.165, 1.54) is 10.7 Å². The molecule has 17 heavy (non-hydrogen) atoms. The van der Waals surface area contributed by atoms with E-state index in [1.807, 2.05) is 0 Å². The van der Waals surface area contributed by atoms with Crippen molar-refractivity contribution in [2.24, 2.45) is 12.8 Å². The highest BCUT2D eigenvalue weighted by Gasteiger charge is 2.18. The number of aryl methyl sites for hydroxylation is 1. The van der Waals surface area contributed by atoms with Gasteiger partial charge in [0.1, 0.15) is 5.69 Å². The van der Waals surface area contributed by atoms with Crippen LogP contribution in [-0.4, -0.2) is 40.1 Å². The van der Waals surface area contributed by atoms with Crippen molar-refractivity contribution in [3.8, 4) is 0 Å². The standard InChI is InChI=1S/C11H18N4O2/c1-4-5-6-14(2)11(17)9-7-8(10(12)16)13-15(9)3/h7H,4-6H2,1-3H3,(H2,12,16). The molecule has 0 aliphatic rings. The largest absolute Gasteiger partial charge is 0.364 e. The lowest BCUT2D eigenvalue weighted by Crippen LogP contribution is -2.29. The molecule has 6 heteroatoms. The first kappa shape index (κ1) is 13.2. The number of hydrogen-bond acceptors (Lipinski definition) is 3. The van der Waals surface area contributed by atoms with Crippen molar-refractivity contribution >= 4 is 11.8 Å². The molecule has 0 atom stereocenters. The minimum Gasteiger partial charge on any atom is -0.364 e. The Morgan fingerprint density at radius 3 is 2.65 bits per heavy atom. The van der Waals surface area contributed by atoms with Gasteiger partial charge in [-0.25, -0.2) is 0 Å². The molecule has 1 aromatic rings. The minimum atomic E-state index is -0.629. The van der Waals surface area contributed by atoms with Gasteiger partial charge in [-0.3, -0.25) is 14.3 Å². The molecule has 0 aliphatic carbocycles. The van der Waals surface area contributed by atoms with Crippen LogP contribution in [0.3, 0.4) is 0 Å². The maximum atomic E-state index is 12.0. The molecule has 0 aromatic carbocycles. The van der Waals surface area contributed by atoms with Crippen LogP contribution in [0.5, 0.6) is 0 Å². The molecule has 0 bridgehead atoms. The Morgan fingerprint density at radius 2 is 2.18 bits per heavy atom. The summed E-state index contributed by atoms with van der Waals surface area (Å²) in [6, 6.07) is 1.42. The molecule has 1 heterocycles. The van der Waals surface area contributed by atoms with Crippen molar-refractivity contribution in [2.45, 2.75) is 19.8 Å². The zero-order valence-corrected chi connectivity index (χ0v) is 10.4. The Labute approximate surface area is 100 Å². The maximum Gasteiger partial charge on any atom is 0.271 e. The third-order valence-electron chi connectivity index (χ3n) is 2.55. The number of carbonyl (C=O) groups is 2. The van der Waals surface area contributed by atoms with E-state index in [4.69, 9.17) is 5.73 Å². The van der Waals surface area contributed by atoms with Gasteiger partial charge in [-0.1, -0.05) is 13.3 Å². The molecule has 2 amide bonds. The molecule has 6 nitrogen and oxygen atoms in total. The number of aromatic nitrogens is 2. The number of carbonyl (C=O) groups excluding carboxylic acids is 2. The van der Waals surface area contributed by atoms with Gasteiger partial charge >= 0.3 is 0 Å². The van der Waals surface area contributed by atoms with Crippen molar-refractivity contribution in [3.05, 3.63) is 17.5 Å². The number of unbranched alkanes of at least 4 members (excludes halogenated alkanes) is 1. The monoisotopic (exact) mass is 238 g/mol. The van der Waals surface area contributed by atoms with Crippen LogP contribution in [-0.2, 0) is 7.05 Å². The number of primary amides is 1. The first-order chi connectivity index (χ1) is 7.97. The van der Waals surface area contributed by atoms with Crippen molar-refractivity contribution in [3.63, 3.8) is 0 Å². The fraction of sp³-hybridized carbons (Fsp3) is 0.545. The lowest BCUT2D eigenvalue weighted by Gasteiger charge is -2.16. The zero-order valence-electron chi connectivity index (χ0n) is 10.4. The average molecular weight is 238 g/mol. The Kier molecular flexibility index (Phi) is 4.25. The van der Waals surface area contributed by atoms with Gasteiger partial charge in [0, 0.05) is 26.7 Å². The van der Waals surface area contributed by atoms with E-state index in [0.717, 1.165) is 12.8 Å². The summed E-state index contributed by atoms with van der Waals surface area (Å²) in [5.41, 5.74) is 5.60. The number of nitrogens with zero attached hydrogens (tertiary/aromatic N) is 3. The fourth-order valence-electron chi connectivity index (χ4n) is 1.48. The molecule has 0 fully saturated rings. The van der Waals surface area contributed by atoms with Gasteiger partial charge in [0.25, 0.3) is 11.8 Å². The second-order valence-corrected chi connectivity index (χ2v) is 3.98. The summed E-state index contributed by atoms with van der Waals surface area (Å²) in [6.07, 6.45) is 1.97. The fourth-order valence-corrected chi connectivity index (χ4v) is 1.48. The highest BCUT2D eigenvalue weighted by atomic mass is 16.2. The summed E-state index contributed by atoms with van der Waals surface area (Å²) < 4.78 is 1.38. The zero-order chi connectivity index (χ0) is 13.0. The van der Waals surface area contributed by atoms with Crippen molar-refractivity contribution in [1.82, 2.24) is 14.7 Å². The molecular weight excluding hydrogens is 220 g/mol. The van der Waals surface area contributed by atoms with Crippen LogP contribution in [0, 0.1) is 0 Å². The normalized spacial score (nSPS) is 10.3. The summed E-state index contributed by atoms with van der Waals surface area (Å²) >= 11 is 0. The minimum absolute atomic E-state index is 0.111. The molecule has 2 N–H and O–H groups in total. The molecule has 94 valence electrons. The van der Waals surface area contributed by atoms with Crippen molar-refractivity contribution in [2.75, 3.05) is 13.6 Å². The van der Waals surface area contributed by atoms with Crippen LogP contribution in [0.25, 0.3) is 0 Å². The summed E-state index contributed by atoms with van der Waals surface area (Å²) in [6.45, 7) is 2.75. The molecule has 1 rings (SSSR count). The number of nitrogens with two attached hydrogens (primary N) is 1. The Bertz CT molecular complexity index is 425. The molecule has 0 saturated heterocycles. The molecule has 0 aliphatic heterocycles. The summed E-state index contributed by atoms with van der Waals surface area (Å²) in [5, 5.41) is 3.89. The van der Waals surface area contributed by atoms with Gasteiger partial charge in [0.15, 0.2) is 5.69 Å². The molecule has 0 saturated carbocycles. The van der Waals surface area contributed by atoms with Gasteiger partial charge in [-0.2, -0.15) is 5.10 Å². The van der Waals surface area contributed by atoms with Crippen molar-refractivity contribution < 1.29 is 9.59 Å². The SMILES string of the molecule is CCCCN(C)C(=O)c1cc(C(N)=O)nn1C. The van der Waals surface area contributed by atoms with E-state index in [9.17, 15) is 9.59 Å². The second kappa shape index (κ2) is 5.47. The summed E-state index contributed by atoms with van der Waals surface area (Å²) in [5.74, 6) is -0.781. The van der Waals surface area contributed by atoms with E-state index in [-0.39, 0.29) is 11.6 Å². The third kappa shape index (κ3) is 3.05. The Morgan fingerprint density at radius 1 is 1.53 bits per heavy atom. The quantitative estimate of drug-likeness (QED) is 0.805. The second-order valence-electron chi connectivity index (χ2n) is 3.98. The lowest BCUT2D eigenvalue weighted by molar-refractivity contribution is 0.0782. The smallest absolute Gasteiger partial charge is 0.271 e. The predicted molar refractivity (Wildman–Crippen MR) is 63.6 cm³/mol.